The molecule has 0 fully saturated rings. The van der Waals surface area contributed by atoms with Gasteiger partial charge in [-0.15, -0.1) is 0 Å². The Morgan fingerprint density at radius 1 is 1.20 bits per heavy atom. The molecule has 78 valence electrons. The highest BCUT2D eigenvalue weighted by Crippen LogP contribution is 2.15. The van der Waals surface area contributed by atoms with Crippen LogP contribution in [-0.4, -0.2) is 9.55 Å². The number of nitrogens with zero attached hydrogens (tertiary/aromatic N) is 2. The summed E-state index contributed by atoms with van der Waals surface area (Å²) in [5.74, 6) is 0. The van der Waals surface area contributed by atoms with Crippen molar-refractivity contribution in [2.75, 3.05) is 0 Å². The molecule has 0 atom stereocenters. The van der Waals surface area contributed by atoms with Crippen LogP contribution in [0.5, 0.6) is 0 Å². The van der Waals surface area contributed by atoms with Crippen LogP contribution >= 0.6 is 0 Å². The second-order valence-electron chi connectivity index (χ2n) is 3.81. The number of hydrogen-bond acceptors (Lipinski definition) is 2. The van der Waals surface area contributed by atoms with Crippen LogP contribution in [0.25, 0.3) is 5.69 Å². The number of nitrogens with two attached hydrogens (primary N) is 1. The van der Waals surface area contributed by atoms with Gasteiger partial charge in [0.25, 0.3) is 0 Å². The van der Waals surface area contributed by atoms with Gasteiger partial charge in [0.15, 0.2) is 0 Å². The third kappa shape index (κ3) is 1.92. The molecule has 2 aromatic rings. The highest BCUT2D eigenvalue weighted by Gasteiger charge is 2.03. The smallest absolute Gasteiger partial charge is 0.0994 e. The molecule has 0 aliphatic carbocycles. The number of hydrogen-bond donors (Lipinski definition) is 1. The van der Waals surface area contributed by atoms with Crippen LogP contribution in [0, 0.1) is 13.8 Å². The predicted octanol–water partition coefficient (Wildman–Crippen LogP) is 1.95. The van der Waals surface area contributed by atoms with E-state index in [0.29, 0.717) is 6.54 Å². The second kappa shape index (κ2) is 3.87. The molecule has 0 saturated heterocycles. The highest BCUT2D eigenvalue weighted by atomic mass is 15.1. The maximum atomic E-state index is 5.65. The largest absolute Gasteiger partial charge is 0.325 e. The van der Waals surface area contributed by atoms with E-state index < -0.39 is 0 Å². The van der Waals surface area contributed by atoms with Crippen LogP contribution in [0.4, 0.5) is 0 Å². The second-order valence-corrected chi connectivity index (χ2v) is 3.81. The predicted molar refractivity (Wildman–Crippen MR) is 60.9 cm³/mol. The van der Waals surface area contributed by atoms with E-state index in [2.05, 4.69) is 37.0 Å². The van der Waals surface area contributed by atoms with Crippen molar-refractivity contribution < 1.29 is 0 Å². The van der Waals surface area contributed by atoms with Crippen molar-refractivity contribution in [2.45, 2.75) is 20.4 Å². The molecule has 0 spiro atoms. The zero-order chi connectivity index (χ0) is 10.8. The van der Waals surface area contributed by atoms with Crippen molar-refractivity contribution in [3.63, 3.8) is 0 Å². The Morgan fingerprint density at radius 2 is 1.87 bits per heavy atom. The van der Waals surface area contributed by atoms with Crippen LogP contribution in [0.1, 0.15) is 16.8 Å². The zero-order valence-electron chi connectivity index (χ0n) is 9.07. The first-order valence-electron chi connectivity index (χ1n) is 5.00. The molecular formula is C12H15N3. The third-order valence-electron chi connectivity index (χ3n) is 2.41. The van der Waals surface area contributed by atoms with Gasteiger partial charge in [-0.25, -0.2) is 4.98 Å². The van der Waals surface area contributed by atoms with E-state index in [1.165, 1.54) is 11.1 Å². The number of imidazole rings is 1. The molecule has 0 saturated carbocycles. The summed E-state index contributed by atoms with van der Waals surface area (Å²) >= 11 is 0. The van der Waals surface area contributed by atoms with Crippen molar-refractivity contribution in [1.82, 2.24) is 9.55 Å². The molecule has 3 nitrogen and oxygen atoms in total. The summed E-state index contributed by atoms with van der Waals surface area (Å²) in [6.45, 7) is 4.69. The number of rotatable bonds is 2. The molecule has 0 amide bonds. The highest BCUT2D eigenvalue weighted by molar-refractivity contribution is 5.40. The maximum absolute atomic E-state index is 5.65. The van der Waals surface area contributed by atoms with E-state index in [0.717, 1.165) is 11.4 Å². The van der Waals surface area contributed by atoms with Gasteiger partial charge in [-0.2, -0.15) is 0 Å². The fourth-order valence-corrected chi connectivity index (χ4v) is 1.80. The molecule has 0 unspecified atom stereocenters. The van der Waals surface area contributed by atoms with Gasteiger partial charge in [0, 0.05) is 18.4 Å². The van der Waals surface area contributed by atoms with E-state index >= 15 is 0 Å². The number of benzene rings is 1. The molecule has 2 rings (SSSR count). The minimum Gasteiger partial charge on any atom is -0.325 e. The normalized spacial score (nSPS) is 10.6. The van der Waals surface area contributed by atoms with Gasteiger partial charge in [-0.3, -0.25) is 0 Å². The Balaban J connectivity index is 2.53. The summed E-state index contributed by atoms with van der Waals surface area (Å²) in [7, 11) is 0. The average molecular weight is 201 g/mol. The molecule has 0 aliphatic rings. The first-order valence-corrected chi connectivity index (χ1v) is 5.00. The standard InChI is InChI=1S/C12H15N3/c1-9-3-10(2)5-11(4-9)15-8-14-7-12(15)6-13/h3-5,7-8H,6,13H2,1-2H3. The Morgan fingerprint density at radius 3 is 2.47 bits per heavy atom. The summed E-state index contributed by atoms with van der Waals surface area (Å²) in [4.78, 5) is 4.11. The van der Waals surface area contributed by atoms with E-state index in [1.54, 1.807) is 12.5 Å². The van der Waals surface area contributed by atoms with Gasteiger partial charge in [0.2, 0.25) is 0 Å². The van der Waals surface area contributed by atoms with Crippen LogP contribution in [-0.2, 0) is 6.54 Å². The number of aryl methyl sites for hydroxylation is 2. The van der Waals surface area contributed by atoms with Crippen LogP contribution in [0.3, 0.4) is 0 Å². The van der Waals surface area contributed by atoms with Crippen molar-refractivity contribution in [3.8, 4) is 5.69 Å². The monoisotopic (exact) mass is 201 g/mol. The van der Waals surface area contributed by atoms with E-state index in [9.17, 15) is 0 Å². The van der Waals surface area contributed by atoms with Gasteiger partial charge in [-0.05, 0) is 37.1 Å². The average Bonchev–Trinajstić information content (AvgIpc) is 2.63. The van der Waals surface area contributed by atoms with E-state index in [1.807, 2.05) is 4.57 Å². The molecule has 1 heterocycles. The lowest BCUT2D eigenvalue weighted by Crippen LogP contribution is -2.04. The van der Waals surface area contributed by atoms with E-state index in [-0.39, 0.29) is 0 Å². The summed E-state index contributed by atoms with van der Waals surface area (Å²) in [5, 5.41) is 0. The maximum Gasteiger partial charge on any atom is 0.0994 e. The van der Waals surface area contributed by atoms with E-state index in [4.69, 9.17) is 5.73 Å². The fourth-order valence-electron chi connectivity index (χ4n) is 1.80. The lowest BCUT2D eigenvalue weighted by atomic mass is 10.1. The minimum atomic E-state index is 0.507. The van der Waals surface area contributed by atoms with Crippen LogP contribution < -0.4 is 5.73 Å². The molecular weight excluding hydrogens is 186 g/mol. The van der Waals surface area contributed by atoms with Gasteiger partial charge in [-0.1, -0.05) is 6.07 Å². The SMILES string of the molecule is Cc1cc(C)cc(-n2cncc2CN)c1. The first kappa shape index (κ1) is 9.93. The molecule has 1 aromatic heterocycles. The molecule has 1 aromatic carbocycles. The first-order chi connectivity index (χ1) is 7.20. The topological polar surface area (TPSA) is 43.8 Å². The third-order valence-corrected chi connectivity index (χ3v) is 2.41. The van der Waals surface area contributed by atoms with Crippen molar-refractivity contribution in [1.29, 1.82) is 0 Å². The molecule has 3 heteroatoms. The summed E-state index contributed by atoms with van der Waals surface area (Å²) < 4.78 is 2.03. The lowest BCUT2D eigenvalue weighted by molar-refractivity contribution is 0.908. The van der Waals surface area contributed by atoms with Crippen LogP contribution in [0.2, 0.25) is 0 Å². The Bertz CT molecular complexity index is 451. The molecule has 2 N–H and O–H groups in total. The van der Waals surface area contributed by atoms with Gasteiger partial charge >= 0.3 is 0 Å². The quantitative estimate of drug-likeness (QED) is 0.807. The molecule has 0 radical (unpaired) electrons. The summed E-state index contributed by atoms with van der Waals surface area (Å²) in [6, 6.07) is 6.42. The zero-order valence-corrected chi connectivity index (χ0v) is 9.07. The summed E-state index contributed by atoms with van der Waals surface area (Å²) in [5.41, 5.74) is 10.3. The molecule has 0 aliphatic heterocycles. The lowest BCUT2D eigenvalue weighted by Gasteiger charge is -2.08. The fraction of sp³-hybridized carbons (Fsp3) is 0.250. The Hall–Kier alpha value is -1.61. The molecule has 0 bridgehead atoms. The minimum absolute atomic E-state index is 0.507. The number of aromatic nitrogens is 2. The molecule has 15 heavy (non-hydrogen) atoms. The van der Waals surface area contributed by atoms with Gasteiger partial charge in [0.05, 0.1) is 12.0 Å². The van der Waals surface area contributed by atoms with Gasteiger partial charge in [0.1, 0.15) is 0 Å². The van der Waals surface area contributed by atoms with Crippen molar-refractivity contribution >= 4 is 0 Å². The Labute approximate surface area is 89.6 Å². The summed E-state index contributed by atoms with van der Waals surface area (Å²) in [6.07, 6.45) is 3.61. The van der Waals surface area contributed by atoms with Crippen molar-refractivity contribution in [3.05, 3.63) is 47.5 Å². The van der Waals surface area contributed by atoms with Gasteiger partial charge < -0.3 is 10.3 Å². The Kier molecular flexibility index (Phi) is 2.56. The van der Waals surface area contributed by atoms with Crippen LogP contribution in [0.15, 0.2) is 30.7 Å². The van der Waals surface area contributed by atoms with Crippen molar-refractivity contribution in [2.24, 2.45) is 5.73 Å².